The number of allylic oxidation sites excluding steroid dienone is 2. The van der Waals surface area contributed by atoms with Gasteiger partial charge in [-0.25, -0.2) is 0 Å². The molecule has 0 aromatic carbocycles. The smallest absolute Gasteiger partial charge is 0.304 e. The van der Waals surface area contributed by atoms with Crippen molar-refractivity contribution in [3.05, 3.63) is 32.2 Å². The summed E-state index contributed by atoms with van der Waals surface area (Å²) < 4.78 is 0. The maximum absolute atomic E-state index is 10.2. The molecule has 0 bridgehead atoms. The average molecular weight is 139 g/mol. The van der Waals surface area contributed by atoms with Gasteiger partial charge in [0.2, 0.25) is 0 Å². The van der Waals surface area contributed by atoms with Crippen LogP contribution < -0.4 is 0 Å². The van der Waals surface area contributed by atoms with E-state index in [1.165, 1.54) is 12.2 Å². The molecule has 0 atom stereocenters. The lowest BCUT2D eigenvalue weighted by Gasteiger charge is -2.16. The van der Waals surface area contributed by atoms with E-state index in [9.17, 15) is 4.79 Å². The molecule has 0 fully saturated rings. The van der Waals surface area contributed by atoms with Crippen LogP contribution in [-0.4, -0.2) is 11.1 Å². The molecule has 0 unspecified atom stereocenters. The van der Waals surface area contributed by atoms with Crippen LogP contribution in [0.4, 0.5) is 0 Å². The summed E-state index contributed by atoms with van der Waals surface area (Å²) in [6.45, 7) is 10.5. The number of rotatable bonds is 4. The van der Waals surface area contributed by atoms with E-state index in [0.717, 1.165) is 0 Å². The molecule has 0 aliphatic rings. The second-order valence-electron chi connectivity index (χ2n) is 2.21. The average Bonchev–Trinajstić information content (AvgIpc) is 1.87. The third kappa shape index (κ3) is 2.49. The monoisotopic (exact) mass is 139 g/mol. The third-order valence-electron chi connectivity index (χ3n) is 1.29. The normalized spacial score (nSPS) is 10.5. The first-order chi connectivity index (χ1) is 4.54. The van der Waals surface area contributed by atoms with Gasteiger partial charge in [0.05, 0.1) is 6.42 Å². The van der Waals surface area contributed by atoms with E-state index in [1.807, 2.05) is 0 Å². The van der Waals surface area contributed by atoms with E-state index >= 15 is 0 Å². The predicted molar refractivity (Wildman–Crippen MR) is 40.4 cm³/mol. The fraction of sp³-hybridized carbons (Fsp3) is 0.250. The van der Waals surface area contributed by atoms with Crippen LogP contribution in [0, 0.1) is 12.3 Å². The Kier molecular flexibility index (Phi) is 2.87. The van der Waals surface area contributed by atoms with Crippen molar-refractivity contribution in [1.29, 1.82) is 0 Å². The molecule has 55 valence electrons. The Labute approximate surface area is 60.9 Å². The quantitative estimate of drug-likeness (QED) is 0.601. The number of hydrogen-bond acceptors (Lipinski definition) is 1. The van der Waals surface area contributed by atoms with E-state index in [4.69, 9.17) is 5.11 Å². The van der Waals surface area contributed by atoms with Crippen LogP contribution in [0.3, 0.4) is 0 Å². The maximum Gasteiger partial charge on any atom is 0.304 e. The Bertz CT molecular complexity index is 151. The van der Waals surface area contributed by atoms with E-state index in [2.05, 4.69) is 20.1 Å². The van der Waals surface area contributed by atoms with Crippen LogP contribution in [0.2, 0.25) is 0 Å². The molecule has 1 radical (unpaired) electrons. The molecular formula is C8H11O2. The summed E-state index contributed by atoms with van der Waals surface area (Å²) in [4.78, 5) is 10.2. The van der Waals surface area contributed by atoms with Gasteiger partial charge in [-0.3, -0.25) is 4.79 Å². The first kappa shape index (κ1) is 8.95. The van der Waals surface area contributed by atoms with Gasteiger partial charge in [0, 0.05) is 5.41 Å². The Balaban J connectivity index is 4.19. The summed E-state index contributed by atoms with van der Waals surface area (Å²) >= 11 is 0. The first-order valence-corrected chi connectivity index (χ1v) is 2.88. The van der Waals surface area contributed by atoms with Gasteiger partial charge in [0.1, 0.15) is 0 Å². The number of carboxylic acids is 1. The highest BCUT2D eigenvalue weighted by molar-refractivity contribution is 5.68. The predicted octanol–water partition coefficient (Wildman–Crippen LogP) is 1.65. The van der Waals surface area contributed by atoms with Crippen molar-refractivity contribution in [3.63, 3.8) is 0 Å². The van der Waals surface area contributed by atoms with Gasteiger partial charge in [0.15, 0.2) is 0 Å². The minimum Gasteiger partial charge on any atom is -0.481 e. The molecule has 0 aromatic rings. The molecule has 2 heteroatoms. The maximum atomic E-state index is 10.2. The molecule has 1 N–H and O–H groups in total. The second kappa shape index (κ2) is 3.20. The lowest BCUT2D eigenvalue weighted by molar-refractivity contribution is -0.138. The highest BCUT2D eigenvalue weighted by Gasteiger charge is 2.19. The summed E-state index contributed by atoms with van der Waals surface area (Å²) in [5.41, 5.74) is -0.716. The third-order valence-corrected chi connectivity index (χ3v) is 1.29. The molecule has 0 amide bonds. The summed E-state index contributed by atoms with van der Waals surface area (Å²) in [5, 5.41) is 8.38. The number of carbonyl (C=O) groups is 1. The lowest BCUT2D eigenvalue weighted by Crippen LogP contribution is -2.14. The van der Waals surface area contributed by atoms with Crippen LogP contribution >= 0.6 is 0 Å². The van der Waals surface area contributed by atoms with E-state index in [1.54, 1.807) is 0 Å². The molecule has 0 saturated heterocycles. The topological polar surface area (TPSA) is 37.3 Å². The Hall–Kier alpha value is -1.05. The van der Waals surface area contributed by atoms with Gasteiger partial charge in [-0.05, 0) is 6.92 Å². The summed E-state index contributed by atoms with van der Waals surface area (Å²) in [7, 11) is 0. The van der Waals surface area contributed by atoms with Crippen molar-refractivity contribution in [2.75, 3.05) is 0 Å². The van der Waals surface area contributed by atoms with Gasteiger partial charge >= 0.3 is 5.97 Å². The molecule has 0 spiro atoms. The fourth-order valence-corrected chi connectivity index (χ4v) is 0.509. The van der Waals surface area contributed by atoms with Crippen molar-refractivity contribution in [2.24, 2.45) is 5.41 Å². The van der Waals surface area contributed by atoms with Crippen molar-refractivity contribution < 1.29 is 9.90 Å². The number of aliphatic carboxylic acids is 1. The minimum atomic E-state index is -0.894. The zero-order chi connectivity index (χ0) is 8.20. The van der Waals surface area contributed by atoms with Crippen LogP contribution in [0.5, 0.6) is 0 Å². The van der Waals surface area contributed by atoms with E-state index < -0.39 is 11.4 Å². The summed E-state index contributed by atoms with van der Waals surface area (Å²) in [6, 6.07) is 0. The Morgan fingerprint density at radius 1 is 1.50 bits per heavy atom. The molecule has 0 aromatic heterocycles. The fourth-order valence-electron chi connectivity index (χ4n) is 0.509. The van der Waals surface area contributed by atoms with Crippen LogP contribution in [-0.2, 0) is 4.79 Å². The van der Waals surface area contributed by atoms with Crippen LogP contribution in [0.1, 0.15) is 6.42 Å². The largest absolute Gasteiger partial charge is 0.481 e. The van der Waals surface area contributed by atoms with Crippen LogP contribution in [0.25, 0.3) is 0 Å². The van der Waals surface area contributed by atoms with Crippen molar-refractivity contribution >= 4 is 5.97 Å². The molecular weight excluding hydrogens is 128 g/mol. The molecule has 0 saturated carbocycles. The molecule has 0 aliphatic carbocycles. The van der Waals surface area contributed by atoms with Gasteiger partial charge in [-0.2, -0.15) is 0 Å². The molecule has 0 aliphatic heterocycles. The zero-order valence-corrected chi connectivity index (χ0v) is 5.84. The van der Waals surface area contributed by atoms with E-state index in [-0.39, 0.29) is 6.42 Å². The van der Waals surface area contributed by atoms with E-state index in [0.29, 0.717) is 0 Å². The van der Waals surface area contributed by atoms with Gasteiger partial charge < -0.3 is 5.11 Å². The summed E-state index contributed by atoms with van der Waals surface area (Å²) in [6.07, 6.45) is 2.90. The van der Waals surface area contributed by atoms with Gasteiger partial charge in [0.25, 0.3) is 0 Å². The molecule has 2 nitrogen and oxygen atoms in total. The van der Waals surface area contributed by atoms with Crippen molar-refractivity contribution in [2.45, 2.75) is 6.42 Å². The second-order valence-corrected chi connectivity index (χ2v) is 2.21. The highest BCUT2D eigenvalue weighted by Crippen LogP contribution is 2.22. The number of carboxylic acid groups (broad SMARTS) is 1. The number of hydrogen-bond donors (Lipinski definition) is 1. The summed E-state index contributed by atoms with van der Waals surface area (Å²) in [5.74, 6) is -0.894. The van der Waals surface area contributed by atoms with Gasteiger partial charge in [-0.15, -0.1) is 13.2 Å². The lowest BCUT2D eigenvalue weighted by atomic mass is 9.87. The molecule has 0 heterocycles. The molecule has 10 heavy (non-hydrogen) atoms. The molecule has 0 rings (SSSR count). The SMILES string of the molecule is [CH2]C(C=C)(C=C)CC(=O)O. The van der Waals surface area contributed by atoms with Crippen molar-refractivity contribution in [3.8, 4) is 0 Å². The standard InChI is InChI=1S/C8H11O2/c1-4-8(3,5-2)6-7(9)10/h4-5H,1-3,6H2,(H,9,10). The zero-order valence-electron chi connectivity index (χ0n) is 5.84. The Morgan fingerprint density at radius 2 is 1.90 bits per heavy atom. The first-order valence-electron chi connectivity index (χ1n) is 2.88. The minimum absolute atomic E-state index is 0.0556. The van der Waals surface area contributed by atoms with Crippen molar-refractivity contribution in [1.82, 2.24) is 0 Å². The highest BCUT2D eigenvalue weighted by atomic mass is 16.4. The Morgan fingerprint density at radius 3 is 2.00 bits per heavy atom. The van der Waals surface area contributed by atoms with Gasteiger partial charge in [-0.1, -0.05) is 12.2 Å². The van der Waals surface area contributed by atoms with Crippen LogP contribution in [0.15, 0.2) is 25.3 Å².